The number of fused-ring (bicyclic) bond motifs is 1. The van der Waals surface area contributed by atoms with E-state index in [0.717, 1.165) is 17.3 Å². The molecule has 5 nitrogen and oxygen atoms in total. The number of nitrogens with one attached hydrogen (secondary N) is 1. The van der Waals surface area contributed by atoms with Crippen molar-refractivity contribution in [2.75, 3.05) is 0 Å². The van der Waals surface area contributed by atoms with E-state index in [1.54, 1.807) is 12.3 Å². The summed E-state index contributed by atoms with van der Waals surface area (Å²) in [6.07, 6.45) is 2.03. The van der Waals surface area contributed by atoms with Crippen LogP contribution in [0.2, 0.25) is 5.15 Å². The molecule has 1 N–H and O–H groups in total. The van der Waals surface area contributed by atoms with Gasteiger partial charge < -0.3 is 10.1 Å². The molecule has 0 radical (unpaired) electrons. The van der Waals surface area contributed by atoms with Crippen LogP contribution in [0.5, 0.6) is 0 Å². The summed E-state index contributed by atoms with van der Waals surface area (Å²) < 4.78 is 5.53. The van der Waals surface area contributed by atoms with Crippen LogP contribution in [0.3, 0.4) is 0 Å². The Balaban J connectivity index is 1.96. The average Bonchev–Trinajstić information content (AvgIpc) is 2.41. The van der Waals surface area contributed by atoms with E-state index in [1.807, 2.05) is 26.0 Å². The van der Waals surface area contributed by atoms with Crippen molar-refractivity contribution in [2.45, 2.75) is 53.2 Å². The molecule has 0 bridgehead atoms. The van der Waals surface area contributed by atoms with Crippen LogP contribution in [0, 0.1) is 5.41 Å². The van der Waals surface area contributed by atoms with E-state index in [2.05, 4.69) is 36.1 Å². The number of alkyl carbamates (subject to hydrolysis) is 1. The zero-order valence-electron chi connectivity index (χ0n) is 14.8. The van der Waals surface area contributed by atoms with Crippen LogP contribution in [0.1, 0.15) is 46.7 Å². The van der Waals surface area contributed by atoms with Crippen molar-refractivity contribution in [2.24, 2.45) is 5.41 Å². The lowest BCUT2D eigenvalue weighted by molar-refractivity contribution is 0.00985. The number of carbonyl (C=O) groups excluding carboxylic acids is 1. The van der Waals surface area contributed by atoms with Crippen molar-refractivity contribution >= 4 is 28.6 Å². The molecule has 0 aliphatic rings. The lowest BCUT2D eigenvalue weighted by Gasteiger charge is -2.32. The SMILES string of the molecule is CC(C)(C)CC(C)(C)OC(=O)NCc1cc2nc(Cl)ccc2cn1. The Kier molecular flexibility index (Phi) is 5.33. The standard InChI is InChI=1S/C18H24ClN3O2/c1-17(2,3)11-18(4,5)24-16(23)21-10-13-8-14-12(9-20-13)6-7-15(19)22-14/h6-9H,10-11H2,1-5H3,(H,21,23). The van der Waals surface area contributed by atoms with Crippen LogP contribution >= 0.6 is 11.6 Å². The van der Waals surface area contributed by atoms with Crippen LogP contribution in [-0.4, -0.2) is 21.7 Å². The van der Waals surface area contributed by atoms with Gasteiger partial charge in [-0.3, -0.25) is 4.98 Å². The van der Waals surface area contributed by atoms with Crippen LogP contribution < -0.4 is 5.32 Å². The Hall–Kier alpha value is -1.88. The molecule has 0 fully saturated rings. The Morgan fingerprint density at radius 2 is 1.96 bits per heavy atom. The van der Waals surface area contributed by atoms with Gasteiger partial charge in [-0.15, -0.1) is 0 Å². The number of aromatic nitrogens is 2. The highest BCUT2D eigenvalue weighted by atomic mass is 35.5. The first-order valence-electron chi connectivity index (χ1n) is 7.92. The van der Waals surface area contributed by atoms with Crippen molar-refractivity contribution in [3.63, 3.8) is 0 Å². The molecule has 0 aromatic carbocycles. The van der Waals surface area contributed by atoms with Gasteiger partial charge in [0.2, 0.25) is 0 Å². The lowest BCUT2D eigenvalue weighted by atomic mass is 9.84. The van der Waals surface area contributed by atoms with E-state index in [9.17, 15) is 4.79 Å². The second-order valence-corrected chi connectivity index (χ2v) is 8.13. The van der Waals surface area contributed by atoms with E-state index in [4.69, 9.17) is 16.3 Å². The average molecular weight is 350 g/mol. The number of nitrogens with zero attached hydrogens (tertiary/aromatic N) is 2. The fourth-order valence-corrected chi connectivity index (χ4v) is 3.05. The predicted octanol–water partition coefficient (Wildman–Crippen LogP) is 4.72. The summed E-state index contributed by atoms with van der Waals surface area (Å²) in [4.78, 5) is 20.6. The molecule has 0 aliphatic carbocycles. The van der Waals surface area contributed by atoms with Crippen molar-refractivity contribution in [1.29, 1.82) is 0 Å². The maximum Gasteiger partial charge on any atom is 0.407 e. The molecular weight excluding hydrogens is 326 g/mol. The zero-order valence-corrected chi connectivity index (χ0v) is 15.6. The summed E-state index contributed by atoms with van der Waals surface area (Å²) in [5.41, 5.74) is 0.988. The van der Waals surface area contributed by atoms with Gasteiger partial charge >= 0.3 is 6.09 Å². The van der Waals surface area contributed by atoms with Crippen molar-refractivity contribution in [3.8, 4) is 0 Å². The quantitative estimate of drug-likeness (QED) is 0.811. The third-order valence-corrected chi connectivity index (χ3v) is 3.55. The molecule has 6 heteroatoms. The van der Waals surface area contributed by atoms with E-state index >= 15 is 0 Å². The third-order valence-electron chi connectivity index (χ3n) is 3.34. The number of hydrogen-bond acceptors (Lipinski definition) is 4. The van der Waals surface area contributed by atoms with E-state index in [-0.39, 0.29) is 12.0 Å². The van der Waals surface area contributed by atoms with Gasteiger partial charge in [0.15, 0.2) is 0 Å². The molecule has 2 aromatic heterocycles. The Morgan fingerprint density at radius 3 is 2.62 bits per heavy atom. The Labute approximate surface area is 147 Å². The van der Waals surface area contributed by atoms with Crippen LogP contribution in [-0.2, 0) is 11.3 Å². The van der Waals surface area contributed by atoms with Gasteiger partial charge in [0, 0.05) is 11.6 Å². The van der Waals surface area contributed by atoms with Gasteiger partial charge in [0.05, 0.1) is 17.8 Å². The second-order valence-electron chi connectivity index (χ2n) is 7.74. The summed E-state index contributed by atoms with van der Waals surface area (Å²) in [6.45, 7) is 10.5. The van der Waals surface area contributed by atoms with Gasteiger partial charge in [-0.05, 0) is 43.9 Å². The highest BCUT2D eigenvalue weighted by molar-refractivity contribution is 6.29. The van der Waals surface area contributed by atoms with Gasteiger partial charge in [-0.2, -0.15) is 0 Å². The molecule has 2 rings (SSSR count). The fraction of sp³-hybridized carbons (Fsp3) is 0.500. The number of carbonyl (C=O) groups is 1. The highest BCUT2D eigenvalue weighted by Gasteiger charge is 2.29. The molecule has 0 saturated carbocycles. The lowest BCUT2D eigenvalue weighted by Crippen LogP contribution is -2.37. The Bertz CT molecular complexity index is 739. The number of rotatable bonds is 4. The summed E-state index contributed by atoms with van der Waals surface area (Å²) in [7, 11) is 0. The van der Waals surface area contributed by atoms with Crippen LogP contribution in [0.15, 0.2) is 24.4 Å². The summed E-state index contributed by atoms with van der Waals surface area (Å²) >= 11 is 5.90. The number of hydrogen-bond donors (Lipinski definition) is 1. The molecule has 0 aliphatic heterocycles. The summed E-state index contributed by atoms with van der Waals surface area (Å²) in [5, 5.41) is 4.06. The van der Waals surface area contributed by atoms with Crippen LogP contribution in [0.4, 0.5) is 4.79 Å². The normalized spacial score (nSPS) is 12.2. The van der Waals surface area contributed by atoms with Gasteiger partial charge in [-0.25, -0.2) is 9.78 Å². The summed E-state index contributed by atoms with van der Waals surface area (Å²) in [5.74, 6) is 0. The number of ether oxygens (including phenoxy) is 1. The maximum absolute atomic E-state index is 12.0. The number of halogens is 1. The number of amides is 1. The molecule has 0 saturated heterocycles. The minimum atomic E-state index is -0.534. The first-order chi connectivity index (χ1) is 11.0. The third kappa shape index (κ3) is 5.64. The van der Waals surface area contributed by atoms with Gasteiger partial charge in [-0.1, -0.05) is 32.4 Å². The molecule has 0 unspecified atom stereocenters. The second kappa shape index (κ2) is 6.93. The monoisotopic (exact) mass is 349 g/mol. The molecular formula is C18H24ClN3O2. The zero-order chi connectivity index (χ0) is 18.0. The van der Waals surface area contributed by atoms with Gasteiger partial charge in [0.25, 0.3) is 0 Å². The fourth-order valence-electron chi connectivity index (χ4n) is 2.89. The maximum atomic E-state index is 12.0. The summed E-state index contributed by atoms with van der Waals surface area (Å²) in [6, 6.07) is 5.39. The molecule has 0 atom stereocenters. The molecule has 24 heavy (non-hydrogen) atoms. The number of pyridine rings is 2. The smallest absolute Gasteiger partial charge is 0.407 e. The molecule has 2 heterocycles. The molecule has 0 spiro atoms. The molecule has 1 amide bonds. The van der Waals surface area contributed by atoms with E-state index < -0.39 is 11.7 Å². The Morgan fingerprint density at radius 1 is 1.25 bits per heavy atom. The minimum absolute atomic E-state index is 0.0780. The van der Waals surface area contributed by atoms with Crippen LogP contribution in [0.25, 0.3) is 10.9 Å². The first-order valence-corrected chi connectivity index (χ1v) is 8.30. The molecule has 2 aromatic rings. The topological polar surface area (TPSA) is 64.1 Å². The van der Waals surface area contributed by atoms with E-state index in [0.29, 0.717) is 10.8 Å². The van der Waals surface area contributed by atoms with Crippen molar-refractivity contribution in [1.82, 2.24) is 15.3 Å². The predicted molar refractivity (Wildman–Crippen MR) is 96.0 cm³/mol. The minimum Gasteiger partial charge on any atom is -0.444 e. The first kappa shape index (κ1) is 18.5. The van der Waals surface area contributed by atoms with Crippen molar-refractivity contribution < 1.29 is 9.53 Å². The van der Waals surface area contributed by atoms with E-state index in [1.165, 1.54) is 0 Å². The molecule has 130 valence electrons. The van der Waals surface area contributed by atoms with Gasteiger partial charge in [0.1, 0.15) is 10.8 Å². The van der Waals surface area contributed by atoms with Crippen molar-refractivity contribution in [3.05, 3.63) is 35.2 Å². The largest absolute Gasteiger partial charge is 0.444 e. The highest BCUT2D eigenvalue weighted by Crippen LogP contribution is 2.29.